The molecule has 14 heavy (non-hydrogen) atoms. The number of nitrogens with zero attached hydrogens (tertiary/aromatic N) is 1. The van der Waals surface area contributed by atoms with E-state index < -0.39 is 0 Å². The van der Waals surface area contributed by atoms with Crippen LogP contribution in [-0.2, 0) is 6.54 Å². The van der Waals surface area contributed by atoms with Crippen molar-refractivity contribution in [3.05, 3.63) is 16.6 Å². The van der Waals surface area contributed by atoms with Gasteiger partial charge in [-0.3, -0.25) is 4.98 Å². The summed E-state index contributed by atoms with van der Waals surface area (Å²) in [6.45, 7) is 1.03. The summed E-state index contributed by atoms with van der Waals surface area (Å²) in [7, 11) is 0. The molecule has 0 aliphatic heterocycles. The highest BCUT2D eigenvalue weighted by atomic mass is 32.1. The van der Waals surface area contributed by atoms with Gasteiger partial charge in [0.05, 0.1) is 5.51 Å². The lowest BCUT2D eigenvalue weighted by Crippen LogP contribution is -2.32. The quantitative estimate of drug-likeness (QED) is 0.825. The molecule has 2 aliphatic carbocycles. The van der Waals surface area contributed by atoms with Gasteiger partial charge in [-0.25, -0.2) is 0 Å². The molecule has 1 N–H and O–H groups in total. The van der Waals surface area contributed by atoms with Crippen LogP contribution < -0.4 is 5.32 Å². The highest BCUT2D eigenvalue weighted by molar-refractivity contribution is 7.09. The first-order valence-electron chi connectivity index (χ1n) is 5.54. The molecule has 1 unspecified atom stereocenters. The molecule has 0 spiro atoms. The van der Waals surface area contributed by atoms with Crippen LogP contribution in [-0.4, -0.2) is 11.0 Å². The van der Waals surface area contributed by atoms with E-state index in [0.717, 1.165) is 24.4 Å². The van der Waals surface area contributed by atoms with Crippen LogP contribution in [0.25, 0.3) is 0 Å². The van der Waals surface area contributed by atoms with Crippen LogP contribution >= 0.6 is 11.3 Å². The first-order chi connectivity index (χ1) is 6.93. The fourth-order valence-corrected chi connectivity index (χ4v) is 3.27. The molecule has 0 aromatic carbocycles. The molecule has 0 saturated heterocycles. The van der Waals surface area contributed by atoms with E-state index in [0.29, 0.717) is 0 Å². The Balaban J connectivity index is 1.52. The number of hydrogen-bond donors (Lipinski definition) is 1. The van der Waals surface area contributed by atoms with Gasteiger partial charge >= 0.3 is 0 Å². The van der Waals surface area contributed by atoms with E-state index in [1.165, 1.54) is 30.6 Å². The van der Waals surface area contributed by atoms with Crippen molar-refractivity contribution in [3.63, 3.8) is 0 Å². The van der Waals surface area contributed by atoms with Gasteiger partial charge in [0, 0.05) is 23.7 Å². The molecule has 0 radical (unpaired) electrons. The number of aromatic nitrogens is 1. The number of hydrogen-bond acceptors (Lipinski definition) is 3. The second-order valence-electron chi connectivity index (χ2n) is 4.55. The molecule has 2 aliphatic rings. The Labute approximate surface area is 88.7 Å². The Kier molecular flexibility index (Phi) is 2.30. The third-order valence-electron chi connectivity index (χ3n) is 3.61. The average Bonchev–Trinajstić information content (AvgIpc) is 2.83. The van der Waals surface area contributed by atoms with Crippen molar-refractivity contribution >= 4 is 11.3 Å². The molecule has 0 amide bonds. The van der Waals surface area contributed by atoms with Crippen molar-refractivity contribution in [1.29, 1.82) is 0 Å². The van der Waals surface area contributed by atoms with Crippen LogP contribution in [0.5, 0.6) is 0 Å². The first-order valence-corrected chi connectivity index (χ1v) is 6.42. The predicted molar refractivity (Wildman–Crippen MR) is 58.2 cm³/mol. The maximum Gasteiger partial charge on any atom is 0.0794 e. The van der Waals surface area contributed by atoms with Crippen LogP contribution in [0.3, 0.4) is 0 Å². The summed E-state index contributed by atoms with van der Waals surface area (Å²) < 4.78 is 0. The monoisotopic (exact) mass is 208 g/mol. The van der Waals surface area contributed by atoms with Gasteiger partial charge in [0.15, 0.2) is 0 Å². The van der Waals surface area contributed by atoms with Crippen LogP contribution in [0.2, 0.25) is 0 Å². The third-order valence-corrected chi connectivity index (χ3v) is 4.39. The van der Waals surface area contributed by atoms with Crippen molar-refractivity contribution in [2.24, 2.45) is 11.8 Å². The number of fused-ring (bicyclic) bond motifs is 1. The van der Waals surface area contributed by atoms with Gasteiger partial charge in [-0.05, 0) is 24.7 Å². The SMILES string of the molecule is c1ncc(CNC2CCC[C@@H]3C[C@H]23)s1. The minimum absolute atomic E-state index is 0.802. The molecule has 2 nitrogen and oxygen atoms in total. The summed E-state index contributed by atoms with van der Waals surface area (Å²) >= 11 is 1.75. The molecule has 1 heterocycles. The molecule has 3 atom stereocenters. The van der Waals surface area contributed by atoms with E-state index in [1.54, 1.807) is 11.3 Å². The Morgan fingerprint density at radius 3 is 3.36 bits per heavy atom. The lowest BCUT2D eigenvalue weighted by molar-refractivity contribution is 0.353. The van der Waals surface area contributed by atoms with E-state index in [2.05, 4.69) is 10.3 Å². The zero-order valence-electron chi connectivity index (χ0n) is 8.28. The maximum atomic E-state index is 4.09. The van der Waals surface area contributed by atoms with Crippen molar-refractivity contribution < 1.29 is 0 Å². The van der Waals surface area contributed by atoms with Crippen molar-refractivity contribution in [2.75, 3.05) is 0 Å². The molecule has 3 rings (SSSR count). The van der Waals surface area contributed by atoms with E-state index >= 15 is 0 Å². The summed E-state index contributed by atoms with van der Waals surface area (Å²) in [4.78, 5) is 5.46. The molecule has 0 bridgehead atoms. The smallest absolute Gasteiger partial charge is 0.0794 e. The molecule has 2 saturated carbocycles. The second kappa shape index (κ2) is 3.63. The van der Waals surface area contributed by atoms with Gasteiger partial charge < -0.3 is 5.32 Å². The van der Waals surface area contributed by atoms with Gasteiger partial charge in [-0.1, -0.05) is 12.8 Å². The normalized spacial score (nSPS) is 35.3. The minimum atomic E-state index is 0.802. The minimum Gasteiger partial charge on any atom is -0.309 e. The number of thiazole rings is 1. The first kappa shape index (κ1) is 8.86. The van der Waals surface area contributed by atoms with Crippen molar-refractivity contribution in [3.8, 4) is 0 Å². The number of nitrogens with one attached hydrogen (secondary N) is 1. The van der Waals surface area contributed by atoms with E-state index in [1.807, 2.05) is 11.7 Å². The second-order valence-corrected chi connectivity index (χ2v) is 5.52. The van der Waals surface area contributed by atoms with Gasteiger partial charge in [-0.15, -0.1) is 11.3 Å². The average molecular weight is 208 g/mol. The predicted octanol–water partition coefficient (Wildman–Crippen LogP) is 2.42. The molecule has 1 aromatic rings. The lowest BCUT2D eigenvalue weighted by atomic mass is 9.95. The highest BCUT2D eigenvalue weighted by Crippen LogP contribution is 2.49. The van der Waals surface area contributed by atoms with Gasteiger partial charge in [0.2, 0.25) is 0 Å². The van der Waals surface area contributed by atoms with Crippen LogP contribution in [0.4, 0.5) is 0 Å². The van der Waals surface area contributed by atoms with E-state index in [9.17, 15) is 0 Å². The Morgan fingerprint density at radius 2 is 2.50 bits per heavy atom. The molecular formula is C11H16N2S. The zero-order valence-corrected chi connectivity index (χ0v) is 9.09. The maximum absolute atomic E-state index is 4.09. The van der Waals surface area contributed by atoms with Crippen LogP contribution in [0.15, 0.2) is 11.7 Å². The summed E-state index contributed by atoms with van der Waals surface area (Å²) in [5.74, 6) is 2.08. The van der Waals surface area contributed by atoms with Gasteiger partial charge in [-0.2, -0.15) is 0 Å². The largest absolute Gasteiger partial charge is 0.309 e. The summed E-state index contributed by atoms with van der Waals surface area (Å²) in [5, 5.41) is 3.69. The Morgan fingerprint density at radius 1 is 1.50 bits per heavy atom. The van der Waals surface area contributed by atoms with Gasteiger partial charge in [0.1, 0.15) is 0 Å². The lowest BCUT2D eigenvalue weighted by Gasteiger charge is -2.22. The van der Waals surface area contributed by atoms with Crippen LogP contribution in [0.1, 0.15) is 30.6 Å². The molecule has 2 fully saturated rings. The fraction of sp³-hybridized carbons (Fsp3) is 0.727. The van der Waals surface area contributed by atoms with Crippen molar-refractivity contribution in [1.82, 2.24) is 10.3 Å². The Hall–Kier alpha value is -0.410. The molecule has 3 heteroatoms. The standard InChI is InChI=1S/C11H16N2S/c1-2-8-4-10(8)11(3-1)13-6-9-5-12-7-14-9/h5,7-8,10-11,13H,1-4,6H2/t8-,10+,11?/m1/s1. The third kappa shape index (κ3) is 1.71. The van der Waals surface area contributed by atoms with E-state index in [-0.39, 0.29) is 0 Å². The molecule has 1 aromatic heterocycles. The molecule has 76 valence electrons. The van der Waals surface area contributed by atoms with Gasteiger partial charge in [0.25, 0.3) is 0 Å². The fourth-order valence-electron chi connectivity index (χ4n) is 2.72. The zero-order chi connectivity index (χ0) is 9.38. The van der Waals surface area contributed by atoms with Crippen molar-refractivity contribution in [2.45, 2.75) is 38.3 Å². The topological polar surface area (TPSA) is 24.9 Å². The van der Waals surface area contributed by atoms with Crippen LogP contribution in [0, 0.1) is 11.8 Å². The number of rotatable bonds is 3. The summed E-state index contributed by atoms with van der Waals surface area (Å²) in [6, 6.07) is 0.802. The summed E-state index contributed by atoms with van der Waals surface area (Å²) in [6.07, 6.45) is 7.77. The van der Waals surface area contributed by atoms with E-state index in [4.69, 9.17) is 0 Å². The molecular weight excluding hydrogens is 192 g/mol. The Bertz CT molecular complexity index is 296. The highest BCUT2D eigenvalue weighted by Gasteiger charge is 2.44. The summed E-state index contributed by atoms with van der Waals surface area (Å²) in [5.41, 5.74) is 1.91.